The van der Waals surface area contributed by atoms with Crippen molar-refractivity contribution in [2.24, 2.45) is 0 Å². The molecule has 1 amide bonds. The second-order valence-electron chi connectivity index (χ2n) is 4.49. The maximum Gasteiger partial charge on any atom is 0.325 e. The molecular weight excluding hydrogens is 304 g/mol. The van der Waals surface area contributed by atoms with Crippen molar-refractivity contribution >= 4 is 35.0 Å². The molecule has 3 rings (SSSR count). The Kier molecular flexibility index (Phi) is 3.43. The molecule has 0 spiro atoms. The summed E-state index contributed by atoms with van der Waals surface area (Å²) in [5.74, 6) is -0.373. The van der Waals surface area contributed by atoms with Gasteiger partial charge < -0.3 is 10.3 Å². The fraction of sp³-hybridized carbons (Fsp3) is 0. The lowest BCUT2D eigenvalue weighted by molar-refractivity contribution is -0.113. The van der Waals surface area contributed by atoms with E-state index in [4.69, 9.17) is 12.2 Å². The zero-order valence-electron chi connectivity index (χ0n) is 11.1. The molecule has 0 aliphatic carbocycles. The van der Waals surface area contributed by atoms with Crippen LogP contribution >= 0.6 is 12.2 Å². The van der Waals surface area contributed by atoms with Crippen LogP contribution in [0.3, 0.4) is 0 Å². The van der Waals surface area contributed by atoms with E-state index in [1.807, 2.05) is 6.07 Å². The molecule has 1 aliphatic heterocycles. The second kappa shape index (κ2) is 5.41. The molecule has 1 aliphatic rings. The topological polar surface area (TPSA) is 98.1 Å². The van der Waals surface area contributed by atoms with Crippen LogP contribution in [-0.4, -0.2) is 21.0 Å². The maximum atomic E-state index is 12.4. The van der Waals surface area contributed by atoms with Gasteiger partial charge in [-0.15, -0.1) is 0 Å². The molecule has 3 N–H and O–H groups in total. The Balaban J connectivity index is 1.99. The summed E-state index contributed by atoms with van der Waals surface area (Å²) in [7, 11) is 0. The summed E-state index contributed by atoms with van der Waals surface area (Å²) in [6.07, 6.45) is 2.57. The van der Waals surface area contributed by atoms with Crippen LogP contribution in [0.1, 0.15) is 5.56 Å². The molecule has 2 heterocycles. The van der Waals surface area contributed by atoms with E-state index >= 15 is 0 Å². The first kappa shape index (κ1) is 14.0. The average molecular weight is 314 g/mol. The molecule has 7 nitrogen and oxygen atoms in total. The van der Waals surface area contributed by atoms with Gasteiger partial charge in [-0.3, -0.25) is 19.5 Å². The van der Waals surface area contributed by atoms with Gasteiger partial charge in [0, 0.05) is 6.20 Å². The molecule has 0 radical (unpaired) electrons. The minimum Gasteiger partial charge on any atom is -0.327 e. The molecule has 0 saturated carbocycles. The highest BCUT2D eigenvalue weighted by molar-refractivity contribution is 7.80. The van der Waals surface area contributed by atoms with Crippen LogP contribution in [0, 0.1) is 0 Å². The van der Waals surface area contributed by atoms with Gasteiger partial charge in [-0.05, 0) is 30.4 Å². The number of rotatable bonds is 2. The van der Waals surface area contributed by atoms with Crippen LogP contribution in [0.25, 0.3) is 6.08 Å². The zero-order valence-corrected chi connectivity index (χ0v) is 11.9. The Labute approximate surface area is 129 Å². The van der Waals surface area contributed by atoms with Crippen molar-refractivity contribution in [3.8, 4) is 0 Å². The predicted molar refractivity (Wildman–Crippen MR) is 85.3 cm³/mol. The van der Waals surface area contributed by atoms with Gasteiger partial charge in [-0.25, -0.2) is 4.79 Å². The normalized spacial score (nSPS) is 16.2. The minimum atomic E-state index is -0.612. The highest BCUT2D eigenvalue weighted by Crippen LogP contribution is 2.21. The number of hydrogen-bond acceptors (Lipinski definition) is 4. The average Bonchev–Trinajstić information content (AvgIpc) is 2.77. The van der Waals surface area contributed by atoms with Gasteiger partial charge in [0.25, 0.3) is 11.5 Å². The van der Waals surface area contributed by atoms with Gasteiger partial charge in [0.1, 0.15) is 5.70 Å². The van der Waals surface area contributed by atoms with Crippen LogP contribution in [0.2, 0.25) is 0 Å². The third-order valence-corrected chi connectivity index (χ3v) is 3.33. The lowest BCUT2D eigenvalue weighted by Gasteiger charge is -2.13. The molecular formula is C14H10N4O3S. The number of aromatic amines is 2. The molecule has 0 bridgehead atoms. The van der Waals surface area contributed by atoms with Gasteiger partial charge >= 0.3 is 5.69 Å². The van der Waals surface area contributed by atoms with E-state index in [-0.39, 0.29) is 22.3 Å². The second-order valence-corrected chi connectivity index (χ2v) is 4.88. The first-order valence-corrected chi connectivity index (χ1v) is 6.71. The third-order valence-electron chi connectivity index (χ3n) is 3.04. The third kappa shape index (κ3) is 2.47. The van der Waals surface area contributed by atoms with Gasteiger partial charge in [-0.2, -0.15) is 0 Å². The number of hydrogen-bond donors (Lipinski definition) is 3. The Morgan fingerprint density at radius 1 is 1.09 bits per heavy atom. The first-order chi connectivity index (χ1) is 10.6. The summed E-state index contributed by atoms with van der Waals surface area (Å²) in [4.78, 5) is 40.8. The van der Waals surface area contributed by atoms with Crippen molar-refractivity contribution in [1.82, 2.24) is 15.3 Å². The fourth-order valence-electron chi connectivity index (χ4n) is 2.03. The minimum absolute atomic E-state index is 0.146. The van der Waals surface area contributed by atoms with E-state index in [1.165, 1.54) is 17.2 Å². The summed E-state index contributed by atoms with van der Waals surface area (Å²) in [5.41, 5.74) is -0.266. The molecule has 22 heavy (non-hydrogen) atoms. The van der Waals surface area contributed by atoms with Crippen LogP contribution in [-0.2, 0) is 4.79 Å². The number of para-hydroxylation sites is 1. The Bertz CT molecular complexity index is 898. The SMILES string of the molecule is O=C1C(=Cc2c[nH]c(=O)[nH]c2=O)NC(=S)N1c1ccccc1. The van der Waals surface area contributed by atoms with Gasteiger partial charge in [-0.1, -0.05) is 18.2 Å². The van der Waals surface area contributed by atoms with Crippen molar-refractivity contribution in [3.63, 3.8) is 0 Å². The number of carbonyl (C=O) groups is 1. The number of carbonyl (C=O) groups excluding carboxylic acids is 1. The van der Waals surface area contributed by atoms with Crippen LogP contribution in [0.4, 0.5) is 5.69 Å². The zero-order chi connectivity index (χ0) is 15.7. The van der Waals surface area contributed by atoms with Gasteiger partial charge in [0.15, 0.2) is 5.11 Å². The number of amides is 1. The van der Waals surface area contributed by atoms with Crippen molar-refractivity contribution < 1.29 is 4.79 Å². The molecule has 8 heteroatoms. The number of anilines is 1. The maximum absolute atomic E-state index is 12.4. The summed E-state index contributed by atoms with van der Waals surface area (Å²) in [6, 6.07) is 8.92. The van der Waals surface area contributed by atoms with E-state index in [0.717, 1.165) is 0 Å². The number of H-pyrrole nitrogens is 2. The number of aromatic nitrogens is 2. The van der Waals surface area contributed by atoms with Crippen LogP contribution in [0.5, 0.6) is 0 Å². The molecule has 0 atom stereocenters. The Hall–Kier alpha value is -3.00. The van der Waals surface area contributed by atoms with E-state index in [1.54, 1.807) is 24.3 Å². The van der Waals surface area contributed by atoms with E-state index in [0.29, 0.717) is 5.69 Å². The number of benzene rings is 1. The van der Waals surface area contributed by atoms with E-state index < -0.39 is 11.2 Å². The number of thiocarbonyl (C=S) groups is 1. The summed E-state index contributed by atoms with van der Waals surface area (Å²) >= 11 is 5.16. The van der Waals surface area contributed by atoms with Crippen LogP contribution < -0.4 is 21.5 Å². The van der Waals surface area contributed by atoms with Crippen molar-refractivity contribution in [2.75, 3.05) is 4.90 Å². The molecule has 0 unspecified atom stereocenters. The monoisotopic (exact) mass is 314 g/mol. The van der Waals surface area contributed by atoms with Crippen molar-refractivity contribution in [3.05, 3.63) is 68.6 Å². The Morgan fingerprint density at radius 3 is 2.50 bits per heavy atom. The molecule has 1 aromatic heterocycles. The number of nitrogens with zero attached hydrogens (tertiary/aromatic N) is 1. The molecule has 2 aromatic rings. The van der Waals surface area contributed by atoms with Gasteiger partial charge in [0.05, 0.1) is 11.3 Å². The molecule has 1 saturated heterocycles. The highest BCUT2D eigenvalue weighted by atomic mass is 32.1. The highest BCUT2D eigenvalue weighted by Gasteiger charge is 2.31. The van der Waals surface area contributed by atoms with Crippen LogP contribution in [0.15, 0.2) is 51.8 Å². The van der Waals surface area contributed by atoms with Gasteiger partial charge in [0.2, 0.25) is 0 Å². The predicted octanol–water partition coefficient (Wildman–Crippen LogP) is 0.325. The lowest BCUT2D eigenvalue weighted by Crippen LogP contribution is -2.30. The van der Waals surface area contributed by atoms with Crippen molar-refractivity contribution in [1.29, 1.82) is 0 Å². The number of nitrogens with one attached hydrogen (secondary N) is 3. The van der Waals surface area contributed by atoms with E-state index in [9.17, 15) is 14.4 Å². The molecule has 110 valence electrons. The standard InChI is InChI=1S/C14H10N4O3S/c19-11-8(7-15-13(21)17-11)6-10-12(20)18(14(22)16-10)9-4-2-1-3-5-9/h1-7H,(H,16,22)(H2,15,17,19,21). The largest absolute Gasteiger partial charge is 0.327 e. The van der Waals surface area contributed by atoms with E-state index in [2.05, 4.69) is 15.3 Å². The van der Waals surface area contributed by atoms with Crippen molar-refractivity contribution in [2.45, 2.75) is 0 Å². The lowest BCUT2D eigenvalue weighted by atomic mass is 10.2. The summed E-state index contributed by atoms with van der Waals surface area (Å²) in [6.45, 7) is 0. The first-order valence-electron chi connectivity index (χ1n) is 6.30. The molecule has 1 fully saturated rings. The Morgan fingerprint density at radius 2 is 1.82 bits per heavy atom. The summed E-state index contributed by atoms with van der Waals surface area (Å²) < 4.78 is 0. The quantitative estimate of drug-likeness (QED) is 0.548. The molecule has 1 aromatic carbocycles. The summed E-state index contributed by atoms with van der Waals surface area (Å²) in [5, 5.41) is 2.99. The smallest absolute Gasteiger partial charge is 0.325 e. The fourth-order valence-corrected chi connectivity index (χ4v) is 2.33.